The van der Waals surface area contributed by atoms with Crippen molar-refractivity contribution in [3.8, 4) is 11.1 Å². The number of anilines is 2. The summed E-state index contributed by atoms with van der Waals surface area (Å²) in [4.78, 5) is 43.4. The minimum absolute atomic E-state index is 0.0619. The number of nitrogens with zero attached hydrogens (tertiary/aromatic N) is 5. The predicted molar refractivity (Wildman–Crippen MR) is 147 cm³/mol. The number of hydrogen-bond acceptors (Lipinski definition) is 8. The SMILES string of the molecule is CCNC(=O)c1ccc(F)c(C(C)Nc2c(Cl)cnc3ccc(-c4cnc(N5CCNC(=O)C5)nc4)cc23)n1. The van der Waals surface area contributed by atoms with Crippen molar-refractivity contribution in [3.63, 3.8) is 0 Å². The van der Waals surface area contributed by atoms with Crippen LogP contribution in [0.25, 0.3) is 22.0 Å². The molecule has 1 aliphatic rings. The zero-order valence-corrected chi connectivity index (χ0v) is 22.1. The van der Waals surface area contributed by atoms with Crippen LogP contribution >= 0.6 is 11.6 Å². The number of nitrogens with one attached hydrogen (secondary N) is 3. The summed E-state index contributed by atoms with van der Waals surface area (Å²) in [6.07, 6.45) is 4.94. The molecule has 0 saturated carbocycles. The van der Waals surface area contributed by atoms with Crippen molar-refractivity contribution in [2.75, 3.05) is 36.4 Å². The first-order valence-electron chi connectivity index (χ1n) is 12.5. The van der Waals surface area contributed by atoms with E-state index in [0.717, 1.165) is 11.1 Å². The fourth-order valence-corrected chi connectivity index (χ4v) is 4.57. The fraction of sp³-hybridized carbons (Fsp3) is 0.259. The molecule has 4 heterocycles. The fourth-order valence-electron chi connectivity index (χ4n) is 4.36. The van der Waals surface area contributed by atoms with Crippen LogP contribution in [-0.4, -0.2) is 57.9 Å². The molecule has 3 N–H and O–H groups in total. The van der Waals surface area contributed by atoms with E-state index in [9.17, 15) is 14.0 Å². The Hall–Kier alpha value is -4.38. The summed E-state index contributed by atoms with van der Waals surface area (Å²) < 4.78 is 14.7. The van der Waals surface area contributed by atoms with Gasteiger partial charge in [-0.3, -0.25) is 14.6 Å². The second kappa shape index (κ2) is 11.2. The Balaban J connectivity index is 1.45. The van der Waals surface area contributed by atoms with Gasteiger partial charge in [-0.2, -0.15) is 0 Å². The Kier molecular flexibility index (Phi) is 7.51. The molecule has 0 spiro atoms. The van der Waals surface area contributed by atoms with Crippen LogP contribution in [0.3, 0.4) is 0 Å². The van der Waals surface area contributed by atoms with Crippen molar-refractivity contribution in [2.24, 2.45) is 0 Å². The van der Waals surface area contributed by atoms with E-state index in [4.69, 9.17) is 11.6 Å². The molecular weight excluding hydrogens is 523 g/mol. The first-order valence-corrected chi connectivity index (χ1v) is 12.9. The van der Waals surface area contributed by atoms with Gasteiger partial charge in [0.25, 0.3) is 5.91 Å². The average molecular weight is 549 g/mol. The topological polar surface area (TPSA) is 125 Å². The van der Waals surface area contributed by atoms with E-state index < -0.39 is 11.9 Å². The van der Waals surface area contributed by atoms with E-state index in [1.54, 1.807) is 26.2 Å². The highest BCUT2D eigenvalue weighted by atomic mass is 35.5. The minimum atomic E-state index is -0.615. The second-order valence-electron chi connectivity index (χ2n) is 9.05. The van der Waals surface area contributed by atoms with E-state index in [1.165, 1.54) is 18.3 Å². The number of amides is 2. The second-order valence-corrected chi connectivity index (χ2v) is 9.45. The Bertz CT molecular complexity index is 1550. The molecule has 1 aromatic carbocycles. The summed E-state index contributed by atoms with van der Waals surface area (Å²) in [5.41, 5.74) is 3.04. The number of benzene rings is 1. The molecule has 1 fully saturated rings. The summed E-state index contributed by atoms with van der Waals surface area (Å²) >= 11 is 6.55. The summed E-state index contributed by atoms with van der Waals surface area (Å²) in [5.74, 6) is -0.491. The molecule has 10 nitrogen and oxygen atoms in total. The number of rotatable bonds is 7. The van der Waals surface area contributed by atoms with E-state index in [1.807, 2.05) is 23.1 Å². The third-order valence-electron chi connectivity index (χ3n) is 6.33. The quantitative estimate of drug-likeness (QED) is 0.319. The van der Waals surface area contributed by atoms with Gasteiger partial charge in [-0.05, 0) is 43.7 Å². The van der Waals surface area contributed by atoms with Crippen molar-refractivity contribution < 1.29 is 14.0 Å². The van der Waals surface area contributed by atoms with Gasteiger partial charge in [-0.15, -0.1) is 0 Å². The molecule has 4 aromatic rings. The lowest BCUT2D eigenvalue weighted by atomic mass is 10.0. The zero-order valence-electron chi connectivity index (χ0n) is 21.3. The molecule has 1 saturated heterocycles. The van der Waals surface area contributed by atoms with Crippen LogP contribution in [0.2, 0.25) is 5.02 Å². The highest BCUT2D eigenvalue weighted by Crippen LogP contribution is 2.35. The number of carbonyl (C=O) groups excluding carboxylic acids is 2. The lowest BCUT2D eigenvalue weighted by molar-refractivity contribution is -0.120. The molecule has 0 bridgehead atoms. The van der Waals surface area contributed by atoms with Gasteiger partial charge in [-0.25, -0.2) is 19.3 Å². The molecule has 39 heavy (non-hydrogen) atoms. The molecule has 5 rings (SSSR count). The average Bonchev–Trinajstić information content (AvgIpc) is 2.94. The normalized spacial score (nSPS) is 14.2. The van der Waals surface area contributed by atoms with Crippen molar-refractivity contribution in [1.29, 1.82) is 0 Å². The molecule has 1 atom stereocenters. The molecule has 1 aliphatic heterocycles. The number of hydrogen-bond donors (Lipinski definition) is 3. The Morgan fingerprint density at radius 2 is 1.95 bits per heavy atom. The minimum Gasteiger partial charge on any atom is -0.375 e. The summed E-state index contributed by atoms with van der Waals surface area (Å²) in [6.45, 7) is 5.38. The van der Waals surface area contributed by atoms with Crippen molar-refractivity contribution in [3.05, 3.63) is 71.2 Å². The van der Waals surface area contributed by atoms with E-state index in [2.05, 4.69) is 35.9 Å². The maximum atomic E-state index is 14.7. The zero-order chi connectivity index (χ0) is 27.5. The molecule has 0 radical (unpaired) electrons. The molecular formula is C27H26ClFN8O2. The third kappa shape index (κ3) is 5.58. The van der Waals surface area contributed by atoms with Gasteiger partial charge >= 0.3 is 0 Å². The number of piperazine rings is 1. The molecule has 200 valence electrons. The molecule has 12 heteroatoms. The lowest BCUT2D eigenvalue weighted by Crippen LogP contribution is -2.48. The summed E-state index contributed by atoms with van der Waals surface area (Å²) in [7, 11) is 0. The van der Waals surface area contributed by atoms with Crippen LogP contribution in [0.5, 0.6) is 0 Å². The summed E-state index contributed by atoms with van der Waals surface area (Å²) in [5, 5.41) is 9.78. The predicted octanol–water partition coefficient (Wildman–Crippen LogP) is 3.74. The van der Waals surface area contributed by atoms with Gasteiger partial charge in [0, 0.05) is 49.2 Å². The van der Waals surface area contributed by atoms with E-state index >= 15 is 0 Å². The van der Waals surface area contributed by atoms with Crippen LogP contribution in [0.15, 0.2) is 48.9 Å². The van der Waals surface area contributed by atoms with Gasteiger partial charge in [0.1, 0.15) is 11.5 Å². The van der Waals surface area contributed by atoms with Crippen LogP contribution in [0.1, 0.15) is 36.1 Å². The smallest absolute Gasteiger partial charge is 0.269 e. The maximum absolute atomic E-state index is 14.7. The Morgan fingerprint density at radius 3 is 2.69 bits per heavy atom. The largest absolute Gasteiger partial charge is 0.375 e. The first-order chi connectivity index (χ1) is 18.8. The van der Waals surface area contributed by atoms with Crippen LogP contribution in [0.4, 0.5) is 16.0 Å². The van der Waals surface area contributed by atoms with E-state index in [0.29, 0.717) is 47.2 Å². The number of pyridine rings is 2. The monoisotopic (exact) mass is 548 g/mol. The maximum Gasteiger partial charge on any atom is 0.269 e. The van der Waals surface area contributed by atoms with Crippen molar-refractivity contribution >= 4 is 46.0 Å². The van der Waals surface area contributed by atoms with Crippen molar-refractivity contribution in [1.82, 2.24) is 30.6 Å². The van der Waals surface area contributed by atoms with Gasteiger partial charge in [0.05, 0.1) is 34.5 Å². The van der Waals surface area contributed by atoms with Gasteiger partial charge < -0.3 is 20.9 Å². The van der Waals surface area contributed by atoms with Crippen LogP contribution in [-0.2, 0) is 4.79 Å². The Labute approximate surface area is 229 Å². The van der Waals surface area contributed by atoms with Crippen molar-refractivity contribution in [2.45, 2.75) is 19.9 Å². The number of fused-ring (bicyclic) bond motifs is 1. The molecule has 3 aromatic heterocycles. The Morgan fingerprint density at radius 1 is 1.15 bits per heavy atom. The molecule has 0 aliphatic carbocycles. The van der Waals surface area contributed by atoms with Crippen LogP contribution < -0.4 is 20.9 Å². The first kappa shape index (κ1) is 26.2. The summed E-state index contributed by atoms with van der Waals surface area (Å²) in [6, 6.07) is 7.63. The molecule has 1 unspecified atom stereocenters. The van der Waals surface area contributed by atoms with E-state index in [-0.39, 0.29) is 29.7 Å². The highest BCUT2D eigenvalue weighted by Gasteiger charge is 2.20. The third-order valence-corrected chi connectivity index (χ3v) is 6.62. The number of halogens is 2. The highest BCUT2D eigenvalue weighted by molar-refractivity contribution is 6.34. The van der Waals surface area contributed by atoms with Crippen LogP contribution in [0, 0.1) is 5.82 Å². The van der Waals surface area contributed by atoms with Gasteiger partial charge in [-0.1, -0.05) is 17.7 Å². The lowest BCUT2D eigenvalue weighted by Gasteiger charge is -2.26. The number of carbonyl (C=O) groups is 2. The molecule has 2 amide bonds. The standard InChI is InChI=1S/C27H26ClFN8O2/c1-3-30-26(39)22-7-5-20(29)24(36-22)15(2)35-25-18-10-16(4-6-21(18)32-13-19(25)28)17-11-33-27(34-12-17)37-9-8-31-23(38)14-37/h4-7,10-13,15H,3,8-9,14H2,1-2H3,(H,30,39)(H,31,38)(H,32,35). The number of aromatic nitrogens is 4. The van der Waals surface area contributed by atoms with Gasteiger partial charge in [0.15, 0.2) is 0 Å². The van der Waals surface area contributed by atoms with Gasteiger partial charge in [0.2, 0.25) is 11.9 Å².